The Morgan fingerprint density at radius 2 is 1.54 bits per heavy atom. The third kappa shape index (κ3) is 7.84. The summed E-state index contributed by atoms with van der Waals surface area (Å²) >= 11 is 11.7. The highest BCUT2D eigenvalue weighted by molar-refractivity contribution is 6.42. The molecule has 0 atom stereocenters. The highest BCUT2D eigenvalue weighted by Gasteiger charge is 2.10. The van der Waals surface area contributed by atoms with Gasteiger partial charge in [-0.1, -0.05) is 23.2 Å². The molecule has 0 radical (unpaired) electrons. The van der Waals surface area contributed by atoms with Crippen molar-refractivity contribution in [3.05, 3.63) is 93.5 Å². The Bertz CT molecular complexity index is 1230. The first-order chi connectivity index (χ1) is 16.9. The molecule has 8 nitrogen and oxygen atoms in total. The second-order valence-corrected chi connectivity index (χ2v) is 7.84. The van der Waals surface area contributed by atoms with Crippen molar-refractivity contribution in [3.63, 3.8) is 0 Å². The van der Waals surface area contributed by atoms with E-state index in [0.29, 0.717) is 34.3 Å². The van der Waals surface area contributed by atoms with Crippen LogP contribution in [0.3, 0.4) is 0 Å². The predicted molar refractivity (Wildman–Crippen MR) is 134 cm³/mol. The van der Waals surface area contributed by atoms with Crippen LogP contribution >= 0.6 is 23.2 Å². The summed E-state index contributed by atoms with van der Waals surface area (Å²) in [6.07, 6.45) is 1.41. The summed E-state index contributed by atoms with van der Waals surface area (Å²) in [5, 5.41) is 6.87. The van der Waals surface area contributed by atoms with Crippen LogP contribution in [0.15, 0.2) is 71.8 Å². The predicted octanol–water partition coefficient (Wildman–Crippen LogP) is 4.49. The maximum atomic E-state index is 12.3. The number of halogens is 2. The van der Waals surface area contributed by atoms with E-state index in [1.165, 1.54) is 24.4 Å². The van der Waals surface area contributed by atoms with Gasteiger partial charge < -0.3 is 14.8 Å². The second kappa shape index (κ2) is 12.5. The van der Waals surface area contributed by atoms with E-state index in [2.05, 4.69) is 15.8 Å². The van der Waals surface area contributed by atoms with E-state index in [-0.39, 0.29) is 17.1 Å². The largest absolute Gasteiger partial charge is 0.494 e. The van der Waals surface area contributed by atoms with Gasteiger partial charge in [-0.05, 0) is 79.2 Å². The molecule has 2 amide bonds. The van der Waals surface area contributed by atoms with Crippen molar-refractivity contribution in [2.24, 2.45) is 5.10 Å². The Balaban J connectivity index is 1.44. The summed E-state index contributed by atoms with van der Waals surface area (Å²) in [7, 11) is 0. The van der Waals surface area contributed by atoms with Crippen molar-refractivity contribution in [2.75, 3.05) is 13.2 Å². The molecule has 0 aromatic heterocycles. The van der Waals surface area contributed by atoms with Crippen LogP contribution in [-0.2, 0) is 4.79 Å². The fourth-order valence-corrected chi connectivity index (χ4v) is 3.06. The van der Waals surface area contributed by atoms with Gasteiger partial charge in [-0.15, -0.1) is 0 Å². The smallest absolute Gasteiger partial charge is 0.343 e. The summed E-state index contributed by atoms with van der Waals surface area (Å²) in [4.78, 5) is 36.2. The fraction of sp³-hybridized carbons (Fsp3) is 0.120. The Hall–Kier alpha value is -3.88. The molecule has 0 aliphatic heterocycles. The molecule has 0 spiro atoms. The Morgan fingerprint density at radius 3 is 2.20 bits per heavy atom. The van der Waals surface area contributed by atoms with Gasteiger partial charge in [-0.2, -0.15) is 5.10 Å². The third-order valence-electron chi connectivity index (χ3n) is 4.49. The molecule has 3 aromatic carbocycles. The lowest BCUT2D eigenvalue weighted by molar-refractivity contribution is -0.120. The highest BCUT2D eigenvalue weighted by atomic mass is 35.5. The summed E-state index contributed by atoms with van der Waals surface area (Å²) in [6.45, 7) is 2.14. The van der Waals surface area contributed by atoms with Crippen molar-refractivity contribution in [2.45, 2.75) is 6.92 Å². The zero-order valence-corrected chi connectivity index (χ0v) is 20.1. The summed E-state index contributed by atoms with van der Waals surface area (Å²) < 4.78 is 10.7. The van der Waals surface area contributed by atoms with E-state index < -0.39 is 17.8 Å². The van der Waals surface area contributed by atoms with Crippen molar-refractivity contribution in [3.8, 4) is 11.5 Å². The number of carbonyl (C=O) groups excluding carboxylic acids is 3. The molecule has 0 heterocycles. The van der Waals surface area contributed by atoms with Crippen molar-refractivity contribution < 1.29 is 23.9 Å². The first-order valence-electron chi connectivity index (χ1n) is 10.5. The van der Waals surface area contributed by atoms with E-state index >= 15 is 0 Å². The van der Waals surface area contributed by atoms with Gasteiger partial charge in [0.15, 0.2) is 0 Å². The number of amides is 2. The topological polar surface area (TPSA) is 106 Å². The van der Waals surface area contributed by atoms with Gasteiger partial charge in [-0.3, -0.25) is 9.59 Å². The number of rotatable bonds is 9. The maximum absolute atomic E-state index is 12.3. The van der Waals surface area contributed by atoms with E-state index in [0.717, 1.165) is 0 Å². The summed E-state index contributed by atoms with van der Waals surface area (Å²) in [5.74, 6) is -0.456. The Kier molecular flexibility index (Phi) is 9.23. The van der Waals surface area contributed by atoms with Gasteiger partial charge in [-0.25, -0.2) is 10.2 Å². The standard InChI is InChI=1S/C25H21Cl2N3O5/c1-2-34-19-10-5-17(6-11-19)25(33)35-20-8-3-16(4-9-20)14-29-30-23(31)15-28-24(32)18-7-12-21(26)22(27)13-18/h3-14H,2,15H2,1H3,(H,28,32)(H,30,31). The molecule has 0 bridgehead atoms. The minimum absolute atomic E-state index is 0.241. The van der Waals surface area contributed by atoms with Gasteiger partial charge in [0.2, 0.25) is 0 Å². The number of hydrazone groups is 1. The molecule has 0 saturated heterocycles. The molecule has 0 unspecified atom stereocenters. The number of carbonyl (C=O) groups is 3. The zero-order valence-electron chi connectivity index (χ0n) is 18.6. The maximum Gasteiger partial charge on any atom is 0.343 e. The first-order valence-corrected chi connectivity index (χ1v) is 11.2. The van der Waals surface area contributed by atoms with Gasteiger partial charge in [0.25, 0.3) is 11.8 Å². The third-order valence-corrected chi connectivity index (χ3v) is 5.22. The van der Waals surface area contributed by atoms with E-state index in [9.17, 15) is 14.4 Å². The lowest BCUT2D eigenvalue weighted by Gasteiger charge is -2.06. The van der Waals surface area contributed by atoms with Crippen molar-refractivity contribution in [1.82, 2.24) is 10.7 Å². The van der Waals surface area contributed by atoms with Crippen molar-refractivity contribution in [1.29, 1.82) is 0 Å². The van der Waals surface area contributed by atoms with E-state index in [1.54, 1.807) is 48.5 Å². The number of ether oxygens (including phenoxy) is 2. The molecule has 10 heteroatoms. The lowest BCUT2D eigenvalue weighted by Crippen LogP contribution is -2.34. The average Bonchev–Trinajstić information content (AvgIpc) is 2.86. The van der Waals surface area contributed by atoms with Gasteiger partial charge in [0.1, 0.15) is 11.5 Å². The molecule has 180 valence electrons. The van der Waals surface area contributed by atoms with E-state index in [1.807, 2.05) is 6.92 Å². The summed E-state index contributed by atoms with van der Waals surface area (Å²) in [6, 6.07) is 17.6. The first kappa shape index (κ1) is 25.7. The molecule has 35 heavy (non-hydrogen) atoms. The highest BCUT2D eigenvalue weighted by Crippen LogP contribution is 2.22. The van der Waals surface area contributed by atoms with E-state index in [4.69, 9.17) is 32.7 Å². The Morgan fingerprint density at radius 1 is 0.886 bits per heavy atom. The minimum Gasteiger partial charge on any atom is -0.494 e. The number of esters is 1. The number of nitrogens with one attached hydrogen (secondary N) is 2. The monoisotopic (exact) mass is 513 g/mol. The minimum atomic E-state index is -0.518. The van der Waals surface area contributed by atoms with Crippen LogP contribution in [0.4, 0.5) is 0 Å². The molecule has 0 saturated carbocycles. The van der Waals surface area contributed by atoms with Crippen LogP contribution in [0, 0.1) is 0 Å². The molecular weight excluding hydrogens is 493 g/mol. The fourth-order valence-electron chi connectivity index (χ4n) is 2.76. The summed E-state index contributed by atoms with van der Waals surface area (Å²) in [5.41, 5.74) is 3.64. The zero-order chi connectivity index (χ0) is 25.2. The number of nitrogens with zero attached hydrogens (tertiary/aromatic N) is 1. The molecule has 2 N–H and O–H groups in total. The number of benzene rings is 3. The average molecular weight is 514 g/mol. The lowest BCUT2D eigenvalue weighted by atomic mass is 10.2. The molecular formula is C25H21Cl2N3O5. The van der Waals surface area contributed by atoms with Crippen LogP contribution in [0.25, 0.3) is 0 Å². The van der Waals surface area contributed by atoms with Crippen LogP contribution in [0.2, 0.25) is 10.0 Å². The van der Waals surface area contributed by atoms with Crippen LogP contribution in [0.1, 0.15) is 33.2 Å². The molecule has 3 rings (SSSR count). The normalized spacial score (nSPS) is 10.6. The van der Waals surface area contributed by atoms with Crippen molar-refractivity contribution >= 4 is 47.2 Å². The number of hydrogen-bond acceptors (Lipinski definition) is 6. The van der Waals surface area contributed by atoms with Gasteiger partial charge in [0.05, 0.1) is 35.0 Å². The second-order valence-electron chi connectivity index (χ2n) is 7.02. The molecule has 3 aromatic rings. The molecule has 0 fully saturated rings. The number of hydrogen-bond donors (Lipinski definition) is 2. The molecule has 0 aliphatic rings. The van der Waals surface area contributed by atoms with Crippen LogP contribution in [0.5, 0.6) is 11.5 Å². The SMILES string of the molecule is CCOc1ccc(C(=O)Oc2ccc(C=NNC(=O)CNC(=O)c3ccc(Cl)c(Cl)c3)cc2)cc1. The van der Waals surface area contributed by atoms with Crippen LogP contribution in [-0.4, -0.2) is 37.1 Å². The van der Waals surface area contributed by atoms with Crippen LogP contribution < -0.4 is 20.2 Å². The van der Waals surface area contributed by atoms with Gasteiger partial charge in [0, 0.05) is 5.56 Å². The molecule has 0 aliphatic carbocycles. The quantitative estimate of drug-likeness (QED) is 0.190. The van der Waals surface area contributed by atoms with Gasteiger partial charge >= 0.3 is 5.97 Å². The Labute approximate surface area is 211 Å².